The molecule has 1 unspecified atom stereocenters. The summed E-state index contributed by atoms with van der Waals surface area (Å²) in [5.74, 6) is -0.602. The van der Waals surface area contributed by atoms with Gasteiger partial charge in [-0.2, -0.15) is 0 Å². The van der Waals surface area contributed by atoms with Crippen molar-refractivity contribution < 1.29 is 14.1 Å². The third-order valence-electron chi connectivity index (χ3n) is 4.61. The van der Waals surface area contributed by atoms with Gasteiger partial charge in [0.1, 0.15) is 11.9 Å². The van der Waals surface area contributed by atoms with Crippen LogP contribution in [0.2, 0.25) is 0 Å². The molecular formula is C19H21BrFN2O+. The number of carbonyl (C=O) groups excluding carboxylic acids is 1. The lowest BCUT2D eigenvalue weighted by atomic mass is 9.87. The molecular weight excluding hydrogens is 371 g/mol. The van der Waals surface area contributed by atoms with Crippen LogP contribution in [0.1, 0.15) is 30.0 Å². The second kappa shape index (κ2) is 7.45. The molecule has 2 aromatic carbocycles. The zero-order chi connectivity index (χ0) is 17.1. The van der Waals surface area contributed by atoms with Gasteiger partial charge in [-0.05, 0) is 36.6 Å². The summed E-state index contributed by atoms with van der Waals surface area (Å²) < 4.78 is 14.5. The van der Waals surface area contributed by atoms with Gasteiger partial charge in [0.2, 0.25) is 0 Å². The third-order valence-corrected chi connectivity index (χ3v) is 5.10. The van der Waals surface area contributed by atoms with Crippen molar-refractivity contribution in [2.45, 2.75) is 25.3 Å². The van der Waals surface area contributed by atoms with Crippen LogP contribution in [0.25, 0.3) is 0 Å². The number of hydrogen-bond acceptors (Lipinski definition) is 1. The SMILES string of the molecule is C[NH+](CC(=O)Nc1ccc(Br)cc1F)[C@@H]1CCCc2ccccc21. The topological polar surface area (TPSA) is 33.5 Å². The second-order valence-corrected chi connectivity index (χ2v) is 7.25. The van der Waals surface area contributed by atoms with Gasteiger partial charge in [0.25, 0.3) is 5.91 Å². The molecule has 1 amide bonds. The number of fused-ring (bicyclic) bond motifs is 1. The molecule has 2 N–H and O–H groups in total. The number of aryl methyl sites for hydroxylation is 1. The molecule has 126 valence electrons. The maximum atomic E-state index is 13.8. The standard InChI is InChI=1S/C19H20BrFN2O/c1-23(18-8-4-6-13-5-2-3-7-15(13)18)12-19(24)22-17-10-9-14(20)11-16(17)21/h2-3,5,7,9-11,18H,4,6,8,12H2,1H3,(H,22,24)/p+1/t18-/m1/s1. The molecule has 0 aliphatic heterocycles. The number of quaternary nitrogens is 1. The smallest absolute Gasteiger partial charge is 0.279 e. The van der Waals surface area contributed by atoms with Crippen LogP contribution in [0.3, 0.4) is 0 Å². The number of benzene rings is 2. The molecule has 0 heterocycles. The average Bonchev–Trinajstić information content (AvgIpc) is 2.57. The lowest BCUT2D eigenvalue weighted by molar-refractivity contribution is -0.905. The van der Waals surface area contributed by atoms with E-state index in [0.717, 1.165) is 24.2 Å². The fourth-order valence-corrected chi connectivity index (χ4v) is 3.76. The van der Waals surface area contributed by atoms with Crippen molar-refractivity contribution in [3.05, 3.63) is 63.9 Å². The molecule has 0 spiro atoms. The van der Waals surface area contributed by atoms with Crippen molar-refractivity contribution in [3.63, 3.8) is 0 Å². The fraction of sp³-hybridized carbons (Fsp3) is 0.316. The van der Waals surface area contributed by atoms with Crippen molar-refractivity contribution in [2.24, 2.45) is 0 Å². The Morgan fingerprint density at radius 3 is 2.92 bits per heavy atom. The van der Waals surface area contributed by atoms with Crippen molar-refractivity contribution >= 4 is 27.5 Å². The van der Waals surface area contributed by atoms with E-state index in [9.17, 15) is 9.18 Å². The minimum Gasteiger partial charge on any atom is -0.323 e. The van der Waals surface area contributed by atoms with Gasteiger partial charge < -0.3 is 10.2 Å². The van der Waals surface area contributed by atoms with Crippen LogP contribution in [0.5, 0.6) is 0 Å². The average molecular weight is 392 g/mol. The van der Waals surface area contributed by atoms with Gasteiger partial charge >= 0.3 is 0 Å². The number of halogens is 2. The summed E-state index contributed by atoms with van der Waals surface area (Å²) in [5.41, 5.74) is 2.94. The number of amides is 1. The van der Waals surface area contributed by atoms with Crippen LogP contribution >= 0.6 is 15.9 Å². The monoisotopic (exact) mass is 391 g/mol. The van der Waals surface area contributed by atoms with E-state index < -0.39 is 5.82 Å². The first-order valence-corrected chi connectivity index (χ1v) is 8.99. The predicted octanol–water partition coefficient (Wildman–Crippen LogP) is 3.12. The third kappa shape index (κ3) is 3.84. The zero-order valence-corrected chi connectivity index (χ0v) is 15.2. The Morgan fingerprint density at radius 2 is 2.12 bits per heavy atom. The van der Waals surface area contributed by atoms with E-state index >= 15 is 0 Å². The Bertz CT molecular complexity index is 750. The maximum absolute atomic E-state index is 13.8. The molecule has 2 atom stereocenters. The quantitative estimate of drug-likeness (QED) is 0.824. The first kappa shape index (κ1) is 17.1. The van der Waals surface area contributed by atoms with Gasteiger partial charge in [0.05, 0.1) is 12.7 Å². The highest BCUT2D eigenvalue weighted by Crippen LogP contribution is 2.27. The van der Waals surface area contributed by atoms with E-state index in [1.807, 2.05) is 7.05 Å². The highest BCUT2D eigenvalue weighted by Gasteiger charge is 2.28. The van der Waals surface area contributed by atoms with E-state index in [1.165, 1.54) is 17.2 Å². The molecule has 3 nitrogen and oxygen atoms in total. The molecule has 0 bridgehead atoms. The van der Waals surface area contributed by atoms with Crippen molar-refractivity contribution in [3.8, 4) is 0 Å². The molecule has 0 saturated carbocycles. The Balaban J connectivity index is 1.67. The van der Waals surface area contributed by atoms with Crippen LogP contribution in [-0.2, 0) is 11.2 Å². The van der Waals surface area contributed by atoms with E-state index in [4.69, 9.17) is 0 Å². The molecule has 0 radical (unpaired) electrons. The first-order chi connectivity index (χ1) is 11.5. The molecule has 3 rings (SSSR count). The van der Waals surface area contributed by atoms with Crippen LogP contribution in [0, 0.1) is 5.82 Å². The van der Waals surface area contributed by atoms with Crippen LogP contribution < -0.4 is 10.2 Å². The van der Waals surface area contributed by atoms with Gasteiger partial charge in [0, 0.05) is 16.5 Å². The normalized spacial score (nSPS) is 17.9. The molecule has 1 aliphatic rings. The molecule has 5 heteroatoms. The van der Waals surface area contributed by atoms with E-state index in [2.05, 4.69) is 45.5 Å². The summed E-state index contributed by atoms with van der Waals surface area (Å²) in [6, 6.07) is 13.4. The van der Waals surface area contributed by atoms with Gasteiger partial charge in [-0.1, -0.05) is 40.2 Å². The molecule has 1 aliphatic carbocycles. The van der Waals surface area contributed by atoms with E-state index in [0.29, 0.717) is 17.1 Å². The Morgan fingerprint density at radius 1 is 1.33 bits per heavy atom. The summed E-state index contributed by atoms with van der Waals surface area (Å²) >= 11 is 3.21. The van der Waals surface area contributed by atoms with Gasteiger partial charge in [-0.3, -0.25) is 4.79 Å². The number of likely N-dealkylation sites (N-methyl/N-ethyl adjacent to an activating group) is 1. The van der Waals surface area contributed by atoms with Crippen molar-refractivity contribution in [1.82, 2.24) is 0 Å². The van der Waals surface area contributed by atoms with Crippen molar-refractivity contribution in [2.75, 3.05) is 18.9 Å². The summed E-state index contributed by atoms with van der Waals surface area (Å²) in [4.78, 5) is 13.4. The number of hydrogen-bond donors (Lipinski definition) is 2. The summed E-state index contributed by atoms with van der Waals surface area (Å²) in [7, 11) is 2.03. The summed E-state index contributed by atoms with van der Waals surface area (Å²) in [5, 5.41) is 2.68. The molecule has 0 aromatic heterocycles. The predicted molar refractivity (Wildman–Crippen MR) is 96.6 cm³/mol. The minimum absolute atomic E-state index is 0.170. The highest BCUT2D eigenvalue weighted by molar-refractivity contribution is 9.10. The molecule has 2 aromatic rings. The fourth-order valence-electron chi connectivity index (χ4n) is 3.43. The van der Waals surface area contributed by atoms with Crippen LogP contribution in [-0.4, -0.2) is 19.5 Å². The number of anilines is 1. The van der Waals surface area contributed by atoms with E-state index in [-0.39, 0.29) is 11.6 Å². The van der Waals surface area contributed by atoms with Gasteiger partial charge in [0.15, 0.2) is 6.54 Å². The first-order valence-electron chi connectivity index (χ1n) is 8.19. The van der Waals surface area contributed by atoms with Crippen LogP contribution in [0.15, 0.2) is 46.9 Å². The second-order valence-electron chi connectivity index (χ2n) is 6.34. The molecule has 0 fully saturated rings. The van der Waals surface area contributed by atoms with Crippen molar-refractivity contribution in [1.29, 1.82) is 0 Å². The van der Waals surface area contributed by atoms with Gasteiger partial charge in [-0.15, -0.1) is 0 Å². The maximum Gasteiger partial charge on any atom is 0.279 e. The van der Waals surface area contributed by atoms with Crippen LogP contribution in [0.4, 0.5) is 10.1 Å². The summed E-state index contributed by atoms with van der Waals surface area (Å²) in [6.07, 6.45) is 3.32. The zero-order valence-electron chi connectivity index (χ0n) is 13.6. The Labute approximate surface area is 150 Å². The van der Waals surface area contributed by atoms with E-state index in [1.54, 1.807) is 12.1 Å². The Kier molecular flexibility index (Phi) is 5.31. The van der Waals surface area contributed by atoms with Gasteiger partial charge in [-0.25, -0.2) is 4.39 Å². The number of rotatable bonds is 4. The number of nitrogens with one attached hydrogen (secondary N) is 2. The molecule has 24 heavy (non-hydrogen) atoms. The number of carbonyl (C=O) groups is 1. The molecule has 0 saturated heterocycles. The minimum atomic E-state index is -0.432. The summed E-state index contributed by atoms with van der Waals surface area (Å²) in [6.45, 7) is 0.314. The lowest BCUT2D eigenvalue weighted by Crippen LogP contribution is -3.10. The Hall–Kier alpha value is -1.72. The highest BCUT2D eigenvalue weighted by atomic mass is 79.9. The lowest BCUT2D eigenvalue weighted by Gasteiger charge is -2.30. The largest absolute Gasteiger partial charge is 0.323 e.